The van der Waals surface area contributed by atoms with E-state index in [0.717, 1.165) is 11.1 Å². The molecule has 0 aliphatic rings. The summed E-state index contributed by atoms with van der Waals surface area (Å²) in [5, 5.41) is 0. The molecule has 0 saturated carbocycles. The number of anilines is 3. The number of rotatable bonds is 2. The molecule has 1 aromatic rings. The number of nitrogens with two attached hydrogens (primary N) is 3. The molecule has 6 N–H and O–H groups in total. The first-order valence-electron chi connectivity index (χ1n) is 3.84. The summed E-state index contributed by atoms with van der Waals surface area (Å²) in [6.07, 6.45) is 3.27. The Morgan fingerprint density at radius 2 is 1.23 bits per heavy atom. The van der Waals surface area contributed by atoms with Gasteiger partial charge >= 0.3 is 0 Å². The van der Waals surface area contributed by atoms with Crippen LogP contribution in [0.15, 0.2) is 19.2 Å². The monoisotopic (exact) mass is 175 g/mol. The van der Waals surface area contributed by atoms with E-state index < -0.39 is 0 Å². The van der Waals surface area contributed by atoms with Crippen molar-refractivity contribution in [2.45, 2.75) is 0 Å². The maximum absolute atomic E-state index is 5.71. The van der Waals surface area contributed by atoms with Crippen LogP contribution in [0.5, 0.6) is 0 Å². The molecule has 1 rings (SSSR count). The van der Waals surface area contributed by atoms with E-state index in [9.17, 15) is 0 Å². The molecule has 3 heteroatoms. The van der Waals surface area contributed by atoms with Crippen LogP contribution in [-0.2, 0) is 0 Å². The van der Waals surface area contributed by atoms with Gasteiger partial charge in [-0.25, -0.2) is 0 Å². The minimum Gasteiger partial charge on any atom is -0.397 e. The third kappa shape index (κ3) is 1.36. The van der Waals surface area contributed by atoms with Crippen molar-refractivity contribution < 1.29 is 0 Å². The lowest BCUT2D eigenvalue weighted by Crippen LogP contribution is -2.03. The van der Waals surface area contributed by atoms with Crippen LogP contribution in [0.3, 0.4) is 0 Å². The molecule has 0 heterocycles. The lowest BCUT2D eigenvalue weighted by Gasteiger charge is -2.10. The molecular weight excluding hydrogens is 162 g/mol. The van der Waals surface area contributed by atoms with Crippen molar-refractivity contribution in [3.05, 3.63) is 30.4 Å². The zero-order valence-electron chi connectivity index (χ0n) is 7.38. The highest BCUT2D eigenvalue weighted by Gasteiger charge is 2.07. The summed E-state index contributed by atoms with van der Waals surface area (Å²) in [5.74, 6) is 0. The molecule has 0 radical (unpaired) electrons. The smallest absolute Gasteiger partial charge is 0.0793 e. The quantitative estimate of drug-likeness (QED) is 0.599. The molecule has 0 aliphatic carbocycles. The van der Waals surface area contributed by atoms with E-state index in [2.05, 4.69) is 13.2 Å². The minimum absolute atomic E-state index is 0.396. The first-order valence-corrected chi connectivity index (χ1v) is 3.84. The number of benzene rings is 1. The van der Waals surface area contributed by atoms with Crippen molar-refractivity contribution in [1.29, 1.82) is 0 Å². The average Bonchev–Trinajstić information content (AvgIpc) is 2.15. The molecular formula is C10H13N3. The summed E-state index contributed by atoms with van der Waals surface area (Å²) in [7, 11) is 0. The molecule has 0 aliphatic heterocycles. The van der Waals surface area contributed by atoms with Gasteiger partial charge in [0.15, 0.2) is 0 Å². The van der Waals surface area contributed by atoms with Crippen LogP contribution >= 0.6 is 0 Å². The second kappa shape index (κ2) is 3.23. The second-order valence-corrected chi connectivity index (χ2v) is 2.70. The lowest BCUT2D eigenvalue weighted by molar-refractivity contribution is 1.59. The number of hydrogen-bond acceptors (Lipinski definition) is 3. The van der Waals surface area contributed by atoms with Crippen LogP contribution in [0.1, 0.15) is 11.1 Å². The fourth-order valence-corrected chi connectivity index (χ4v) is 1.12. The molecule has 0 unspecified atom stereocenters. The standard InChI is InChI=1S/C10H13N3/c1-3-6-5-7(4-2)9(12)10(13)8(6)11/h3-5H,1-2,11-13H2. The van der Waals surface area contributed by atoms with E-state index in [0.29, 0.717) is 17.1 Å². The minimum atomic E-state index is 0.396. The molecule has 13 heavy (non-hydrogen) atoms. The molecule has 68 valence electrons. The van der Waals surface area contributed by atoms with E-state index >= 15 is 0 Å². The molecule has 0 spiro atoms. The van der Waals surface area contributed by atoms with Crippen LogP contribution in [0, 0.1) is 0 Å². The maximum Gasteiger partial charge on any atom is 0.0793 e. The van der Waals surface area contributed by atoms with Gasteiger partial charge in [0.05, 0.1) is 17.1 Å². The van der Waals surface area contributed by atoms with E-state index in [1.807, 2.05) is 0 Å². The molecule has 0 saturated heterocycles. The maximum atomic E-state index is 5.71. The van der Waals surface area contributed by atoms with Gasteiger partial charge in [0.25, 0.3) is 0 Å². The summed E-state index contributed by atoms with van der Waals surface area (Å²) >= 11 is 0. The third-order valence-electron chi connectivity index (χ3n) is 1.95. The summed E-state index contributed by atoms with van der Waals surface area (Å²) in [5.41, 5.74) is 20.0. The first-order chi connectivity index (χ1) is 6.11. The Morgan fingerprint density at radius 1 is 0.846 bits per heavy atom. The van der Waals surface area contributed by atoms with Gasteiger partial charge in [0, 0.05) is 0 Å². The van der Waals surface area contributed by atoms with Crippen molar-refractivity contribution in [3.8, 4) is 0 Å². The largest absolute Gasteiger partial charge is 0.397 e. The fraction of sp³-hybridized carbons (Fsp3) is 0. The third-order valence-corrected chi connectivity index (χ3v) is 1.95. The van der Waals surface area contributed by atoms with Crippen molar-refractivity contribution in [1.82, 2.24) is 0 Å². The van der Waals surface area contributed by atoms with E-state index in [-0.39, 0.29) is 0 Å². The molecule has 3 nitrogen and oxygen atoms in total. The highest BCUT2D eigenvalue weighted by Crippen LogP contribution is 2.31. The van der Waals surface area contributed by atoms with Gasteiger partial charge in [0.1, 0.15) is 0 Å². The molecule has 0 atom stereocenters. The Kier molecular flexibility index (Phi) is 2.28. The van der Waals surface area contributed by atoms with Crippen LogP contribution in [-0.4, -0.2) is 0 Å². The van der Waals surface area contributed by atoms with Gasteiger partial charge in [-0.2, -0.15) is 0 Å². The molecule has 0 bridgehead atoms. The average molecular weight is 175 g/mol. The highest BCUT2D eigenvalue weighted by molar-refractivity contribution is 5.89. The van der Waals surface area contributed by atoms with Gasteiger partial charge in [-0.05, 0) is 17.2 Å². The summed E-state index contributed by atoms with van der Waals surface area (Å²) in [6.45, 7) is 7.25. The lowest BCUT2D eigenvalue weighted by atomic mass is 10.0. The van der Waals surface area contributed by atoms with Gasteiger partial charge in [-0.1, -0.05) is 25.3 Å². The van der Waals surface area contributed by atoms with Gasteiger partial charge in [0.2, 0.25) is 0 Å². The molecule has 0 aromatic heterocycles. The van der Waals surface area contributed by atoms with Crippen molar-refractivity contribution >= 4 is 29.2 Å². The van der Waals surface area contributed by atoms with Crippen molar-refractivity contribution in [2.24, 2.45) is 0 Å². The predicted molar refractivity (Wildman–Crippen MR) is 59.9 cm³/mol. The zero-order chi connectivity index (χ0) is 10.0. The van der Waals surface area contributed by atoms with Crippen LogP contribution < -0.4 is 17.2 Å². The Bertz CT molecular complexity index is 335. The van der Waals surface area contributed by atoms with Crippen molar-refractivity contribution in [2.75, 3.05) is 17.2 Å². The van der Waals surface area contributed by atoms with Crippen molar-refractivity contribution in [3.63, 3.8) is 0 Å². The van der Waals surface area contributed by atoms with Gasteiger partial charge in [-0.3, -0.25) is 0 Å². The van der Waals surface area contributed by atoms with E-state index in [1.54, 1.807) is 18.2 Å². The molecule has 1 aromatic carbocycles. The summed E-state index contributed by atoms with van der Waals surface area (Å²) in [6, 6.07) is 1.81. The fourth-order valence-electron chi connectivity index (χ4n) is 1.12. The van der Waals surface area contributed by atoms with E-state index in [1.165, 1.54) is 0 Å². The summed E-state index contributed by atoms with van der Waals surface area (Å²) in [4.78, 5) is 0. The molecule has 0 amide bonds. The number of hydrogen-bond donors (Lipinski definition) is 3. The normalized spacial score (nSPS) is 9.54. The SMILES string of the molecule is C=Cc1cc(C=C)c(N)c(N)c1N. The van der Waals surface area contributed by atoms with Crippen LogP contribution in [0.25, 0.3) is 12.2 Å². The Morgan fingerprint density at radius 3 is 1.54 bits per heavy atom. The topological polar surface area (TPSA) is 78.1 Å². The van der Waals surface area contributed by atoms with E-state index in [4.69, 9.17) is 17.2 Å². The van der Waals surface area contributed by atoms with Crippen LogP contribution in [0.2, 0.25) is 0 Å². The Balaban J connectivity index is 3.53. The summed E-state index contributed by atoms with van der Waals surface area (Å²) < 4.78 is 0. The Labute approximate surface area is 77.5 Å². The predicted octanol–water partition coefficient (Wildman–Crippen LogP) is 1.72. The zero-order valence-corrected chi connectivity index (χ0v) is 7.38. The first kappa shape index (κ1) is 9.19. The second-order valence-electron chi connectivity index (χ2n) is 2.70. The van der Waals surface area contributed by atoms with Gasteiger partial charge < -0.3 is 17.2 Å². The van der Waals surface area contributed by atoms with Gasteiger partial charge in [-0.15, -0.1) is 0 Å². The Hall–Kier alpha value is -1.90. The highest BCUT2D eigenvalue weighted by atomic mass is 14.7. The van der Waals surface area contributed by atoms with Crippen LogP contribution in [0.4, 0.5) is 17.1 Å². The molecule has 0 fully saturated rings. The number of nitrogen functional groups attached to an aromatic ring is 3.